The van der Waals surface area contributed by atoms with Crippen LogP contribution >= 0.6 is 0 Å². The average Bonchev–Trinajstić information content (AvgIpc) is 2.76. The molecule has 0 radical (unpaired) electrons. The third-order valence-corrected chi connectivity index (χ3v) is 2.51. The highest BCUT2D eigenvalue weighted by molar-refractivity contribution is 4.94. The molecule has 0 aliphatic carbocycles. The first kappa shape index (κ1) is 14.2. The molecule has 0 aromatic carbocycles. The van der Waals surface area contributed by atoms with Crippen LogP contribution in [-0.4, -0.2) is 40.3 Å². The normalized spacial score (nSPS) is 13.2. The Kier molecular flexibility index (Phi) is 6.18. The molecular weight excluding hydrogens is 220 g/mol. The van der Waals surface area contributed by atoms with Crippen LogP contribution in [0.25, 0.3) is 0 Å². The van der Waals surface area contributed by atoms with E-state index in [0.717, 1.165) is 12.4 Å². The van der Waals surface area contributed by atoms with Gasteiger partial charge in [0, 0.05) is 38.6 Å². The standard InChI is InChI=1S/C12H22N2O3/c1-4-14-8-7-13-11(14)9-10(15)12(16-5-2)17-6-3/h7-8,10,12,15H,4-6,9H2,1-3H3. The summed E-state index contributed by atoms with van der Waals surface area (Å²) in [7, 11) is 0. The monoisotopic (exact) mass is 242 g/mol. The molecule has 0 saturated carbocycles. The molecule has 1 rings (SSSR count). The highest BCUT2D eigenvalue weighted by atomic mass is 16.7. The largest absolute Gasteiger partial charge is 0.387 e. The summed E-state index contributed by atoms with van der Waals surface area (Å²) in [5.41, 5.74) is 0. The fraction of sp³-hybridized carbons (Fsp3) is 0.750. The van der Waals surface area contributed by atoms with Gasteiger partial charge in [0.25, 0.3) is 0 Å². The van der Waals surface area contributed by atoms with Gasteiger partial charge in [-0.25, -0.2) is 4.98 Å². The molecule has 1 heterocycles. The molecule has 17 heavy (non-hydrogen) atoms. The van der Waals surface area contributed by atoms with Gasteiger partial charge in [0.1, 0.15) is 11.9 Å². The third-order valence-electron chi connectivity index (χ3n) is 2.51. The van der Waals surface area contributed by atoms with Crippen LogP contribution in [0.3, 0.4) is 0 Å². The Labute approximate surface area is 102 Å². The molecule has 0 aliphatic rings. The SMILES string of the molecule is CCOC(OCC)C(O)Cc1nccn1CC. The van der Waals surface area contributed by atoms with Crippen LogP contribution in [0.5, 0.6) is 0 Å². The minimum absolute atomic E-state index is 0.436. The molecule has 0 fully saturated rings. The second-order valence-corrected chi connectivity index (χ2v) is 3.68. The summed E-state index contributed by atoms with van der Waals surface area (Å²) in [6, 6.07) is 0. The predicted molar refractivity (Wildman–Crippen MR) is 64.7 cm³/mol. The number of nitrogens with zero attached hydrogens (tertiary/aromatic N) is 2. The van der Waals surface area contributed by atoms with E-state index in [0.29, 0.717) is 19.6 Å². The zero-order valence-electron chi connectivity index (χ0n) is 10.8. The lowest BCUT2D eigenvalue weighted by Crippen LogP contribution is -2.34. The molecule has 1 aromatic heterocycles. The summed E-state index contributed by atoms with van der Waals surface area (Å²) in [5, 5.41) is 10.1. The van der Waals surface area contributed by atoms with Crippen LogP contribution in [0.2, 0.25) is 0 Å². The van der Waals surface area contributed by atoms with Gasteiger partial charge in [-0.2, -0.15) is 0 Å². The highest BCUT2D eigenvalue weighted by Crippen LogP contribution is 2.09. The zero-order chi connectivity index (χ0) is 12.7. The summed E-state index contributed by atoms with van der Waals surface area (Å²) in [5.74, 6) is 0.851. The fourth-order valence-corrected chi connectivity index (χ4v) is 1.70. The third kappa shape index (κ3) is 4.11. The smallest absolute Gasteiger partial charge is 0.183 e. The molecule has 0 bridgehead atoms. The van der Waals surface area contributed by atoms with E-state index in [9.17, 15) is 5.11 Å². The number of aryl methyl sites for hydroxylation is 1. The van der Waals surface area contributed by atoms with Crippen LogP contribution in [0, 0.1) is 0 Å². The first-order valence-electron chi connectivity index (χ1n) is 6.14. The van der Waals surface area contributed by atoms with Crippen LogP contribution in [-0.2, 0) is 22.4 Å². The van der Waals surface area contributed by atoms with Crippen LogP contribution in [0.1, 0.15) is 26.6 Å². The lowest BCUT2D eigenvalue weighted by molar-refractivity contribution is -0.189. The van der Waals surface area contributed by atoms with Gasteiger partial charge in [0.2, 0.25) is 0 Å². The molecule has 1 aromatic rings. The summed E-state index contributed by atoms with van der Waals surface area (Å²) >= 11 is 0. The highest BCUT2D eigenvalue weighted by Gasteiger charge is 2.21. The van der Waals surface area contributed by atoms with Crippen molar-refractivity contribution in [2.24, 2.45) is 0 Å². The molecule has 1 unspecified atom stereocenters. The summed E-state index contributed by atoms with van der Waals surface area (Å²) in [4.78, 5) is 4.22. The van der Waals surface area contributed by atoms with Gasteiger partial charge in [0.05, 0.1) is 0 Å². The Balaban J connectivity index is 2.59. The Bertz CT molecular complexity index is 308. The van der Waals surface area contributed by atoms with Gasteiger partial charge in [-0.15, -0.1) is 0 Å². The molecule has 0 amide bonds. The maximum absolute atomic E-state index is 10.1. The van der Waals surface area contributed by atoms with Crippen molar-refractivity contribution in [1.82, 2.24) is 9.55 Å². The van der Waals surface area contributed by atoms with E-state index >= 15 is 0 Å². The first-order valence-corrected chi connectivity index (χ1v) is 6.14. The Morgan fingerprint density at radius 1 is 1.29 bits per heavy atom. The summed E-state index contributed by atoms with van der Waals surface area (Å²) in [6.07, 6.45) is 2.81. The predicted octanol–water partition coefficient (Wildman–Crippen LogP) is 1.21. The molecule has 5 nitrogen and oxygen atoms in total. The number of aliphatic hydroxyl groups excluding tert-OH is 1. The lowest BCUT2D eigenvalue weighted by atomic mass is 10.2. The summed E-state index contributed by atoms with van der Waals surface area (Å²) in [6.45, 7) is 7.68. The molecule has 98 valence electrons. The second-order valence-electron chi connectivity index (χ2n) is 3.68. The Morgan fingerprint density at radius 3 is 2.47 bits per heavy atom. The van der Waals surface area contributed by atoms with Crippen molar-refractivity contribution >= 4 is 0 Å². The van der Waals surface area contributed by atoms with E-state index in [2.05, 4.69) is 4.98 Å². The van der Waals surface area contributed by atoms with Gasteiger partial charge in [0.15, 0.2) is 6.29 Å². The minimum Gasteiger partial charge on any atom is -0.387 e. The van der Waals surface area contributed by atoms with Crippen molar-refractivity contribution < 1.29 is 14.6 Å². The number of aliphatic hydroxyl groups is 1. The van der Waals surface area contributed by atoms with Crippen LogP contribution in [0.15, 0.2) is 12.4 Å². The van der Waals surface area contributed by atoms with Gasteiger partial charge in [-0.05, 0) is 20.8 Å². The maximum atomic E-state index is 10.1. The summed E-state index contributed by atoms with van der Waals surface area (Å²) < 4.78 is 12.7. The van der Waals surface area contributed by atoms with Crippen LogP contribution < -0.4 is 0 Å². The van der Waals surface area contributed by atoms with E-state index in [1.165, 1.54) is 0 Å². The van der Waals surface area contributed by atoms with Gasteiger partial charge < -0.3 is 19.1 Å². The first-order chi connectivity index (χ1) is 8.22. The molecule has 0 spiro atoms. The van der Waals surface area contributed by atoms with Gasteiger partial charge in [-0.3, -0.25) is 0 Å². The zero-order valence-corrected chi connectivity index (χ0v) is 10.8. The van der Waals surface area contributed by atoms with Crippen molar-refractivity contribution in [3.8, 4) is 0 Å². The lowest BCUT2D eigenvalue weighted by Gasteiger charge is -2.22. The van der Waals surface area contributed by atoms with Gasteiger partial charge in [-0.1, -0.05) is 0 Å². The van der Waals surface area contributed by atoms with Crippen molar-refractivity contribution in [1.29, 1.82) is 0 Å². The van der Waals surface area contributed by atoms with E-state index in [1.807, 2.05) is 31.5 Å². The number of ether oxygens (including phenoxy) is 2. The Hall–Kier alpha value is -0.910. The van der Waals surface area contributed by atoms with Crippen molar-refractivity contribution in [3.05, 3.63) is 18.2 Å². The number of rotatable bonds is 8. The Morgan fingerprint density at radius 2 is 1.94 bits per heavy atom. The average molecular weight is 242 g/mol. The molecule has 1 atom stereocenters. The minimum atomic E-state index is -0.692. The van der Waals surface area contributed by atoms with Crippen molar-refractivity contribution in [2.75, 3.05) is 13.2 Å². The molecular formula is C12H22N2O3. The topological polar surface area (TPSA) is 56.5 Å². The van der Waals surface area contributed by atoms with E-state index in [-0.39, 0.29) is 0 Å². The van der Waals surface area contributed by atoms with Crippen LogP contribution in [0.4, 0.5) is 0 Å². The maximum Gasteiger partial charge on any atom is 0.183 e. The second kappa shape index (κ2) is 7.42. The quantitative estimate of drug-likeness (QED) is 0.696. The number of hydrogen-bond acceptors (Lipinski definition) is 4. The molecule has 5 heteroatoms. The number of imidazole rings is 1. The fourth-order valence-electron chi connectivity index (χ4n) is 1.70. The molecule has 0 aliphatic heterocycles. The van der Waals surface area contributed by atoms with Crippen molar-refractivity contribution in [2.45, 2.75) is 46.1 Å². The number of hydrogen-bond donors (Lipinski definition) is 1. The van der Waals surface area contributed by atoms with E-state index in [1.54, 1.807) is 6.20 Å². The molecule has 0 saturated heterocycles. The molecule has 1 N–H and O–H groups in total. The van der Waals surface area contributed by atoms with Gasteiger partial charge >= 0.3 is 0 Å². The number of aromatic nitrogens is 2. The van der Waals surface area contributed by atoms with E-state index in [4.69, 9.17) is 9.47 Å². The van der Waals surface area contributed by atoms with E-state index < -0.39 is 12.4 Å². The van der Waals surface area contributed by atoms with Crippen molar-refractivity contribution in [3.63, 3.8) is 0 Å².